The second kappa shape index (κ2) is 16.0. The smallest absolute Gasteiger partial charge is 0.433 e. The normalized spacial score (nSPS) is 20.7. The Balaban J connectivity index is 0.875. The van der Waals surface area contributed by atoms with E-state index in [9.17, 15) is 32.3 Å². The molecule has 8 rings (SSSR count). The van der Waals surface area contributed by atoms with Crippen LogP contribution in [0.2, 0.25) is 5.02 Å². The van der Waals surface area contributed by atoms with E-state index in [2.05, 4.69) is 32.5 Å². The van der Waals surface area contributed by atoms with Gasteiger partial charge in [-0.2, -0.15) is 18.3 Å². The lowest BCUT2D eigenvalue weighted by Crippen LogP contribution is -2.45. The Morgan fingerprint density at radius 3 is 2.47 bits per heavy atom. The van der Waals surface area contributed by atoms with Crippen molar-refractivity contribution in [3.8, 4) is 5.75 Å². The second-order valence-electron chi connectivity index (χ2n) is 15.9. The summed E-state index contributed by atoms with van der Waals surface area (Å²) in [5, 5.41) is 11.1. The van der Waals surface area contributed by atoms with Gasteiger partial charge < -0.3 is 19.9 Å². The van der Waals surface area contributed by atoms with E-state index in [0.29, 0.717) is 39.5 Å². The number of rotatable bonds is 9. The molecule has 0 bridgehead atoms. The van der Waals surface area contributed by atoms with Crippen molar-refractivity contribution in [3.63, 3.8) is 0 Å². The minimum absolute atomic E-state index is 0.163. The summed E-state index contributed by atoms with van der Waals surface area (Å²) in [7, 11) is 5.35. The zero-order valence-corrected chi connectivity index (χ0v) is 33.6. The van der Waals surface area contributed by atoms with Gasteiger partial charge in [0.15, 0.2) is 0 Å². The van der Waals surface area contributed by atoms with E-state index < -0.39 is 29.7 Å². The van der Waals surface area contributed by atoms with Crippen LogP contribution >= 0.6 is 11.6 Å². The van der Waals surface area contributed by atoms with Crippen LogP contribution in [0, 0.1) is 5.92 Å². The number of hydrogen-bond donors (Lipinski definition) is 2. The Morgan fingerprint density at radius 2 is 1.78 bits per heavy atom. The maximum absolute atomic E-state index is 13.5. The number of nitrogens with one attached hydrogen (secondary N) is 2. The molecule has 3 aliphatic rings. The number of alkyl halides is 3. The summed E-state index contributed by atoms with van der Waals surface area (Å²) in [5.74, 6) is -0.751. The third kappa shape index (κ3) is 8.01. The Bertz CT molecular complexity index is 2500. The van der Waals surface area contributed by atoms with Gasteiger partial charge in [0, 0.05) is 61.8 Å². The highest BCUT2D eigenvalue weighted by Crippen LogP contribution is 2.38. The molecule has 3 amide bonds. The third-order valence-corrected chi connectivity index (χ3v) is 12.4. The van der Waals surface area contributed by atoms with Crippen molar-refractivity contribution in [3.05, 3.63) is 75.6 Å². The van der Waals surface area contributed by atoms with Crippen molar-refractivity contribution < 1.29 is 32.3 Å². The Hall–Kier alpha value is -5.42. The van der Waals surface area contributed by atoms with Crippen molar-refractivity contribution in [2.45, 2.75) is 75.7 Å². The maximum Gasteiger partial charge on any atom is 0.433 e. The standard InChI is InChI=1S/C41H45ClF3N9O5/c1-50(26-13-15-52(16-14-26)32-18-25(42)19-33-37(32)51(2)40(58)54(33)31-11-12-36(55)48-39(31)57)21-23-7-9-27(10-8-23)53-22-24-17-30(34(59-3)20-29(24)49-53)47-38(56)28-5-4-6-35(46-28)41(43,44)45/h4-6,17-20,22-23,26-27,31H,7-16,21H2,1-3H3,(H,47,56)(H,48,55,57)/t23-,27-,31?. The maximum atomic E-state index is 13.5. The number of carbonyl (C=O) groups is 3. The van der Waals surface area contributed by atoms with Gasteiger partial charge in [0.2, 0.25) is 11.8 Å². The van der Waals surface area contributed by atoms with Gasteiger partial charge in [-0.3, -0.25) is 33.5 Å². The molecule has 0 radical (unpaired) electrons. The molecule has 5 heterocycles. The van der Waals surface area contributed by atoms with E-state index in [4.69, 9.17) is 21.4 Å². The number of amides is 3. The van der Waals surface area contributed by atoms with Crippen LogP contribution in [0.4, 0.5) is 24.5 Å². The number of benzene rings is 2. The third-order valence-electron chi connectivity index (χ3n) is 12.2. The number of imide groups is 1. The fourth-order valence-electron chi connectivity index (χ4n) is 9.06. The van der Waals surface area contributed by atoms with Crippen LogP contribution in [0.1, 0.15) is 79.6 Å². The number of methoxy groups -OCH3 is 1. The number of nitrogens with zero attached hydrogens (tertiary/aromatic N) is 7. The molecule has 3 fully saturated rings. The first-order chi connectivity index (χ1) is 28.2. The molecule has 59 heavy (non-hydrogen) atoms. The predicted octanol–water partition coefficient (Wildman–Crippen LogP) is 6.33. The largest absolute Gasteiger partial charge is 0.494 e. The lowest BCUT2D eigenvalue weighted by molar-refractivity contribution is -0.141. The summed E-state index contributed by atoms with van der Waals surface area (Å²) in [5.41, 5.74) is 1.30. The average Bonchev–Trinajstić information content (AvgIpc) is 3.74. The number of pyridine rings is 1. The number of ether oxygens (including phenoxy) is 1. The van der Waals surface area contributed by atoms with Gasteiger partial charge in [0.05, 0.1) is 41.1 Å². The van der Waals surface area contributed by atoms with E-state index in [1.165, 1.54) is 17.7 Å². The van der Waals surface area contributed by atoms with Crippen molar-refractivity contribution in [2.75, 3.05) is 44.0 Å². The predicted molar refractivity (Wildman–Crippen MR) is 216 cm³/mol. The number of carbonyl (C=O) groups excluding carboxylic acids is 3. The molecule has 1 aliphatic carbocycles. The number of imidazole rings is 1. The van der Waals surface area contributed by atoms with Gasteiger partial charge in [-0.05, 0) is 88.2 Å². The van der Waals surface area contributed by atoms with Crippen molar-refractivity contribution >= 4 is 62.6 Å². The average molecular weight is 836 g/mol. The van der Waals surface area contributed by atoms with Gasteiger partial charge in [-0.15, -0.1) is 0 Å². The lowest BCUT2D eigenvalue weighted by Gasteiger charge is -2.40. The van der Waals surface area contributed by atoms with Gasteiger partial charge >= 0.3 is 11.9 Å². The van der Waals surface area contributed by atoms with Gasteiger partial charge in [0.25, 0.3) is 5.91 Å². The number of hydrogen-bond acceptors (Lipinski definition) is 9. The van der Waals surface area contributed by atoms with E-state index in [-0.39, 0.29) is 36.2 Å². The molecule has 2 saturated heterocycles. The number of halogens is 4. The molecule has 14 nitrogen and oxygen atoms in total. The van der Waals surface area contributed by atoms with Gasteiger partial charge in [-0.1, -0.05) is 17.7 Å². The molecule has 1 atom stereocenters. The number of piperidine rings is 2. The first kappa shape index (κ1) is 40.4. The van der Waals surface area contributed by atoms with E-state index in [1.807, 2.05) is 16.9 Å². The molecule has 312 valence electrons. The van der Waals surface area contributed by atoms with Crippen LogP contribution in [0.3, 0.4) is 0 Å². The topological polar surface area (TPSA) is 149 Å². The Morgan fingerprint density at radius 1 is 1.03 bits per heavy atom. The molecule has 2 aromatic carbocycles. The van der Waals surface area contributed by atoms with Crippen molar-refractivity contribution in [2.24, 2.45) is 13.0 Å². The first-order valence-electron chi connectivity index (χ1n) is 19.8. The van der Waals surface area contributed by atoms with E-state index >= 15 is 0 Å². The van der Waals surface area contributed by atoms with Crippen molar-refractivity contribution in [1.29, 1.82) is 0 Å². The quantitative estimate of drug-likeness (QED) is 0.163. The number of anilines is 2. The minimum atomic E-state index is -4.67. The van der Waals surface area contributed by atoms with Crippen LogP contribution in [-0.2, 0) is 22.8 Å². The summed E-state index contributed by atoms with van der Waals surface area (Å²) < 4.78 is 50.1. The monoisotopic (exact) mass is 835 g/mol. The van der Waals surface area contributed by atoms with Crippen molar-refractivity contribution in [1.82, 2.24) is 34.1 Å². The van der Waals surface area contributed by atoms with Gasteiger partial charge in [0.1, 0.15) is 23.2 Å². The highest BCUT2D eigenvalue weighted by Gasteiger charge is 2.35. The van der Waals surface area contributed by atoms with E-state index in [1.54, 1.807) is 29.8 Å². The minimum Gasteiger partial charge on any atom is -0.494 e. The van der Waals surface area contributed by atoms with Crippen LogP contribution in [0.15, 0.2) is 53.5 Å². The fraction of sp³-hybridized carbons (Fsp3) is 0.463. The number of aryl methyl sites for hydroxylation is 1. The molecular formula is C41H45ClF3N9O5. The zero-order chi connectivity index (χ0) is 41.7. The molecule has 3 aromatic heterocycles. The van der Waals surface area contributed by atoms with Gasteiger partial charge in [-0.25, -0.2) is 9.78 Å². The fourth-order valence-corrected chi connectivity index (χ4v) is 9.26. The summed E-state index contributed by atoms with van der Waals surface area (Å²) in [6, 6.07) is 10.0. The first-order valence-corrected chi connectivity index (χ1v) is 20.2. The molecule has 5 aromatic rings. The molecule has 1 saturated carbocycles. The Labute approximate surface area is 342 Å². The summed E-state index contributed by atoms with van der Waals surface area (Å²) in [6.07, 6.45) is 3.53. The van der Waals surface area contributed by atoms with E-state index in [0.717, 1.165) is 86.9 Å². The van der Waals surface area contributed by atoms with Crippen LogP contribution in [0.5, 0.6) is 5.75 Å². The highest BCUT2D eigenvalue weighted by atomic mass is 35.5. The van der Waals surface area contributed by atoms with Crippen LogP contribution in [-0.4, -0.2) is 86.4 Å². The summed E-state index contributed by atoms with van der Waals surface area (Å²) >= 11 is 6.63. The lowest BCUT2D eigenvalue weighted by atomic mass is 9.85. The zero-order valence-electron chi connectivity index (χ0n) is 32.9. The molecular weight excluding hydrogens is 791 g/mol. The number of aromatic nitrogens is 5. The van der Waals surface area contributed by atoms with Crippen LogP contribution in [0.25, 0.3) is 21.9 Å². The molecule has 2 N–H and O–H groups in total. The molecule has 0 spiro atoms. The molecule has 18 heteroatoms. The highest BCUT2D eigenvalue weighted by molar-refractivity contribution is 6.31. The Kier molecular flexibility index (Phi) is 10.9. The number of fused-ring (bicyclic) bond motifs is 2. The summed E-state index contributed by atoms with van der Waals surface area (Å²) in [4.78, 5) is 59.2. The summed E-state index contributed by atoms with van der Waals surface area (Å²) in [6.45, 7) is 2.53. The molecule has 1 unspecified atom stereocenters. The van der Waals surface area contributed by atoms with Crippen LogP contribution < -0.4 is 26.0 Å². The second-order valence-corrected chi connectivity index (χ2v) is 16.3. The SMILES string of the molecule is COc1cc2nn([C@H]3CC[C@H](CN(C)C4CCN(c5cc(Cl)cc6c5n(C)c(=O)n6C5CCC(=O)NC5=O)CC4)CC3)cc2cc1NC(=O)c1cccc(C(F)(F)F)n1. The molecule has 2 aliphatic heterocycles.